The maximum absolute atomic E-state index is 14.0. The van der Waals surface area contributed by atoms with Gasteiger partial charge in [-0.1, -0.05) is 12.1 Å². The molecule has 0 unspecified atom stereocenters. The highest BCUT2D eigenvalue weighted by atomic mass is 19.1. The summed E-state index contributed by atoms with van der Waals surface area (Å²) in [6.45, 7) is 1.64. The fourth-order valence-corrected chi connectivity index (χ4v) is 2.00. The zero-order valence-corrected chi connectivity index (χ0v) is 11.1. The number of benzene rings is 1. The van der Waals surface area contributed by atoms with Crippen molar-refractivity contribution in [1.82, 2.24) is 20.2 Å². The number of hydrogen-bond acceptors (Lipinski definition) is 4. The van der Waals surface area contributed by atoms with E-state index in [1.54, 1.807) is 25.1 Å². The first-order chi connectivity index (χ1) is 10.2. The number of aromatic nitrogens is 4. The van der Waals surface area contributed by atoms with Crippen LogP contribution in [0.25, 0.3) is 22.5 Å². The van der Waals surface area contributed by atoms with Crippen molar-refractivity contribution in [3.8, 4) is 22.5 Å². The van der Waals surface area contributed by atoms with E-state index in [-0.39, 0.29) is 22.5 Å². The predicted octanol–water partition coefficient (Wildman–Crippen LogP) is 3.19. The predicted molar refractivity (Wildman–Crippen MR) is 73.1 cm³/mol. The van der Waals surface area contributed by atoms with Gasteiger partial charge in [-0.05, 0) is 25.1 Å². The van der Waals surface area contributed by atoms with Crippen LogP contribution in [0.5, 0.6) is 0 Å². The van der Waals surface area contributed by atoms with Gasteiger partial charge >= 0.3 is 0 Å². The third-order valence-electron chi connectivity index (χ3n) is 2.95. The standard InChI is InChI=1S/C15H10F2N4/c1-9-19-14(10-4-2-3-5-12(10)16)15(21-20-9)11-6-7-18-8-13(11)17/h2-8H,1H3. The van der Waals surface area contributed by atoms with Gasteiger partial charge in [-0.15, -0.1) is 10.2 Å². The monoisotopic (exact) mass is 284 g/mol. The highest BCUT2D eigenvalue weighted by Crippen LogP contribution is 2.30. The zero-order chi connectivity index (χ0) is 14.8. The molecule has 3 aromatic rings. The lowest BCUT2D eigenvalue weighted by Gasteiger charge is -2.09. The molecule has 104 valence electrons. The Balaban J connectivity index is 2.29. The average molecular weight is 284 g/mol. The smallest absolute Gasteiger partial charge is 0.151 e. The second-order valence-electron chi connectivity index (χ2n) is 4.39. The minimum atomic E-state index is -0.560. The van der Waals surface area contributed by atoms with Gasteiger partial charge in [0.15, 0.2) is 5.82 Å². The SMILES string of the molecule is Cc1nnc(-c2ccncc2F)c(-c2ccccc2F)n1. The van der Waals surface area contributed by atoms with Crippen LogP contribution in [0.1, 0.15) is 5.82 Å². The molecule has 0 spiro atoms. The molecule has 0 bridgehead atoms. The summed E-state index contributed by atoms with van der Waals surface area (Å²) in [7, 11) is 0. The van der Waals surface area contributed by atoms with E-state index in [1.807, 2.05) is 0 Å². The molecular formula is C15H10F2N4. The highest BCUT2D eigenvalue weighted by molar-refractivity contribution is 5.77. The Morgan fingerprint density at radius 1 is 0.857 bits per heavy atom. The fourth-order valence-electron chi connectivity index (χ4n) is 2.00. The van der Waals surface area contributed by atoms with Gasteiger partial charge < -0.3 is 0 Å². The fraction of sp³-hybridized carbons (Fsp3) is 0.0667. The molecule has 2 heterocycles. The number of pyridine rings is 1. The molecule has 0 N–H and O–H groups in total. The lowest BCUT2D eigenvalue weighted by atomic mass is 10.0. The summed E-state index contributed by atoms with van der Waals surface area (Å²) in [6, 6.07) is 7.61. The Morgan fingerprint density at radius 2 is 1.62 bits per heavy atom. The molecule has 0 radical (unpaired) electrons. The zero-order valence-electron chi connectivity index (χ0n) is 11.1. The van der Waals surface area contributed by atoms with E-state index in [0.29, 0.717) is 5.82 Å². The van der Waals surface area contributed by atoms with Crippen molar-refractivity contribution in [3.05, 3.63) is 60.2 Å². The molecule has 1 aromatic carbocycles. The molecule has 0 saturated heterocycles. The topological polar surface area (TPSA) is 51.6 Å². The Bertz CT molecular complexity index is 805. The third kappa shape index (κ3) is 2.47. The van der Waals surface area contributed by atoms with Crippen LogP contribution in [0, 0.1) is 18.6 Å². The maximum atomic E-state index is 14.0. The summed E-state index contributed by atoms with van der Waals surface area (Å²) in [4.78, 5) is 7.91. The van der Waals surface area contributed by atoms with Crippen LogP contribution in [-0.2, 0) is 0 Å². The molecule has 0 aliphatic heterocycles. The summed E-state index contributed by atoms with van der Waals surface area (Å²) in [5, 5.41) is 7.82. The van der Waals surface area contributed by atoms with Crippen LogP contribution in [-0.4, -0.2) is 20.2 Å². The summed E-state index contributed by atoms with van der Waals surface area (Å²) in [5.74, 6) is -0.630. The summed E-state index contributed by atoms with van der Waals surface area (Å²) < 4.78 is 27.9. The van der Waals surface area contributed by atoms with E-state index in [1.165, 1.54) is 18.3 Å². The first kappa shape index (κ1) is 13.2. The molecule has 0 saturated carbocycles. The van der Waals surface area contributed by atoms with Crippen molar-refractivity contribution >= 4 is 0 Å². The van der Waals surface area contributed by atoms with Crippen molar-refractivity contribution in [2.24, 2.45) is 0 Å². The van der Waals surface area contributed by atoms with Crippen LogP contribution < -0.4 is 0 Å². The number of aryl methyl sites for hydroxylation is 1. The van der Waals surface area contributed by atoms with E-state index in [9.17, 15) is 8.78 Å². The largest absolute Gasteiger partial charge is 0.262 e. The van der Waals surface area contributed by atoms with Crippen molar-refractivity contribution in [2.45, 2.75) is 6.92 Å². The Morgan fingerprint density at radius 3 is 2.38 bits per heavy atom. The number of rotatable bonds is 2. The number of halogens is 2. The second kappa shape index (κ2) is 5.32. The van der Waals surface area contributed by atoms with Crippen LogP contribution in [0.15, 0.2) is 42.7 Å². The van der Waals surface area contributed by atoms with E-state index >= 15 is 0 Å². The highest BCUT2D eigenvalue weighted by Gasteiger charge is 2.17. The lowest BCUT2D eigenvalue weighted by molar-refractivity contribution is 0.622. The van der Waals surface area contributed by atoms with Crippen LogP contribution >= 0.6 is 0 Å². The molecule has 3 rings (SSSR count). The summed E-state index contributed by atoms with van der Waals surface area (Å²) in [5.41, 5.74) is 0.876. The lowest BCUT2D eigenvalue weighted by Crippen LogP contribution is -2.02. The molecule has 0 aliphatic carbocycles. The number of hydrogen-bond donors (Lipinski definition) is 0. The molecule has 2 aromatic heterocycles. The normalized spacial score (nSPS) is 10.6. The molecule has 0 aliphatic rings. The van der Waals surface area contributed by atoms with Gasteiger partial charge in [0.1, 0.15) is 23.0 Å². The maximum Gasteiger partial charge on any atom is 0.151 e. The Labute approximate surface area is 119 Å². The van der Waals surface area contributed by atoms with E-state index in [4.69, 9.17) is 0 Å². The van der Waals surface area contributed by atoms with Gasteiger partial charge in [0, 0.05) is 17.3 Å². The minimum absolute atomic E-state index is 0.184. The first-order valence-electron chi connectivity index (χ1n) is 6.23. The van der Waals surface area contributed by atoms with Crippen molar-refractivity contribution in [1.29, 1.82) is 0 Å². The first-order valence-corrected chi connectivity index (χ1v) is 6.23. The number of nitrogens with zero attached hydrogens (tertiary/aromatic N) is 4. The van der Waals surface area contributed by atoms with Crippen LogP contribution in [0.3, 0.4) is 0 Å². The van der Waals surface area contributed by atoms with Crippen molar-refractivity contribution in [2.75, 3.05) is 0 Å². The summed E-state index contributed by atoms with van der Waals surface area (Å²) in [6.07, 6.45) is 2.51. The van der Waals surface area contributed by atoms with Gasteiger partial charge in [0.2, 0.25) is 0 Å². The van der Waals surface area contributed by atoms with Crippen LogP contribution in [0.2, 0.25) is 0 Å². The molecule has 21 heavy (non-hydrogen) atoms. The molecular weight excluding hydrogens is 274 g/mol. The van der Waals surface area contributed by atoms with Gasteiger partial charge in [0.05, 0.1) is 6.20 Å². The van der Waals surface area contributed by atoms with Gasteiger partial charge in [-0.25, -0.2) is 13.8 Å². The molecule has 0 atom stereocenters. The van der Waals surface area contributed by atoms with Gasteiger partial charge in [0.25, 0.3) is 0 Å². The Kier molecular flexibility index (Phi) is 3.35. The minimum Gasteiger partial charge on any atom is -0.262 e. The van der Waals surface area contributed by atoms with Gasteiger partial charge in [-0.2, -0.15) is 0 Å². The molecule has 4 nitrogen and oxygen atoms in total. The Hall–Kier alpha value is -2.76. The molecule has 6 heteroatoms. The van der Waals surface area contributed by atoms with Crippen molar-refractivity contribution < 1.29 is 8.78 Å². The van der Waals surface area contributed by atoms with E-state index in [2.05, 4.69) is 20.2 Å². The molecule has 0 amide bonds. The second-order valence-corrected chi connectivity index (χ2v) is 4.39. The van der Waals surface area contributed by atoms with Gasteiger partial charge in [-0.3, -0.25) is 4.98 Å². The van der Waals surface area contributed by atoms with Crippen LogP contribution in [0.4, 0.5) is 8.78 Å². The molecule has 0 fully saturated rings. The summed E-state index contributed by atoms with van der Waals surface area (Å²) >= 11 is 0. The van der Waals surface area contributed by atoms with Crippen molar-refractivity contribution in [3.63, 3.8) is 0 Å². The third-order valence-corrected chi connectivity index (χ3v) is 2.95. The average Bonchev–Trinajstić information content (AvgIpc) is 2.49. The quantitative estimate of drug-likeness (QED) is 0.725. The van der Waals surface area contributed by atoms with E-state index in [0.717, 1.165) is 6.20 Å². The van der Waals surface area contributed by atoms with E-state index < -0.39 is 11.6 Å².